The molecule has 2 rings (SSSR count). The summed E-state index contributed by atoms with van der Waals surface area (Å²) in [5, 5.41) is 2.28. The van der Waals surface area contributed by atoms with E-state index in [0.29, 0.717) is 17.8 Å². The van der Waals surface area contributed by atoms with Gasteiger partial charge in [0.25, 0.3) is 5.91 Å². The average molecular weight is 296 g/mol. The standard InChI is InChI=1S/C14H11F3N2O2/c1-21-12-6-8(18)2-3-11(12)19-14(20)13-9(16)4-7(15)5-10(13)17/h2-6H,18H2,1H3,(H,19,20). The van der Waals surface area contributed by atoms with Gasteiger partial charge in [-0.05, 0) is 12.1 Å². The molecule has 110 valence electrons. The number of rotatable bonds is 3. The van der Waals surface area contributed by atoms with Crippen LogP contribution in [-0.2, 0) is 0 Å². The first kappa shape index (κ1) is 14.7. The van der Waals surface area contributed by atoms with E-state index in [4.69, 9.17) is 10.5 Å². The summed E-state index contributed by atoms with van der Waals surface area (Å²) in [6.45, 7) is 0. The van der Waals surface area contributed by atoms with Gasteiger partial charge in [-0.15, -0.1) is 0 Å². The Labute approximate surface area is 118 Å². The number of carbonyl (C=O) groups is 1. The van der Waals surface area contributed by atoms with Gasteiger partial charge in [-0.25, -0.2) is 13.2 Å². The van der Waals surface area contributed by atoms with Gasteiger partial charge < -0.3 is 15.8 Å². The SMILES string of the molecule is COc1cc(N)ccc1NC(=O)c1c(F)cc(F)cc1F. The molecule has 0 spiro atoms. The molecule has 0 fully saturated rings. The number of hydrogen-bond donors (Lipinski definition) is 2. The largest absolute Gasteiger partial charge is 0.494 e. The zero-order valence-corrected chi connectivity index (χ0v) is 10.9. The summed E-state index contributed by atoms with van der Waals surface area (Å²) in [6, 6.07) is 5.20. The summed E-state index contributed by atoms with van der Waals surface area (Å²) in [5.74, 6) is -4.52. The predicted molar refractivity (Wildman–Crippen MR) is 71.7 cm³/mol. The van der Waals surface area contributed by atoms with E-state index >= 15 is 0 Å². The van der Waals surface area contributed by atoms with Gasteiger partial charge in [0.2, 0.25) is 0 Å². The van der Waals surface area contributed by atoms with E-state index in [9.17, 15) is 18.0 Å². The van der Waals surface area contributed by atoms with E-state index in [1.165, 1.54) is 25.3 Å². The summed E-state index contributed by atoms with van der Waals surface area (Å²) in [7, 11) is 1.35. The van der Waals surface area contributed by atoms with Crippen molar-refractivity contribution in [2.24, 2.45) is 0 Å². The minimum absolute atomic E-state index is 0.180. The smallest absolute Gasteiger partial charge is 0.261 e. The Hall–Kier alpha value is -2.70. The number of hydrogen-bond acceptors (Lipinski definition) is 3. The Kier molecular flexibility index (Phi) is 4.02. The fraction of sp³-hybridized carbons (Fsp3) is 0.0714. The maximum absolute atomic E-state index is 13.5. The van der Waals surface area contributed by atoms with Crippen LogP contribution in [0.3, 0.4) is 0 Å². The lowest BCUT2D eigenvalue weighted by atomic mass is 10.1. The van der Waals surface area contributed by atoms with Gasteiger partial charge in [0.15, 0.2) is 0 Å². The van der Waals surface area contributed by atoms with Crippen LogP contribution in [0.15, 0.2) is 30.3 Å². The summed E-state index contributed by atoms with van der Waals surface area (Å²) in [5.41, 5.74) is 5.25. The van der Waals surface area contributed by atoms with Crippen LogP contribution >= 0.6 is 0 Å². The van der Waals surface area contributed by atoms with Crippen molar-refractivity contribution in [2.45, 2.75) is 0 Å². The zero-order chi connectivity index (χ0) is 15.6. The molecule has 0 aromatic heterocycles. The molecule has 2 aromatic carbocycles. The summed E-state index contributed by atoms with van der Waals surface area (Å²) in [4.78, 5) is 11.9. The van der Waals surface area contributed by atoms with Crippen molar-refractivity contribution in [1.82, 2.24) is 0 Å². The molecule has 0 saturated carbocycles. The van der Waals surface area contributed by atoms with Gasteiger partial charge in [0.05, 0.1) is 12.8 Å². The van der Waals surface area contributed by atoms with Crippen molar-refractivity contribution in [2.75, 3.05) is 18.2 Å². The molecule has 3 N–H and O–H groups in total. The lowest BCUT2D eigenvalue weighted by molar-refractivity contribution is 0.101. The molecule has 21 heavy (non-hydrogen) atoms. The number of amides is 1. The fourth-order valence-electron chi connectivity index (χ4n) is 1.76. The number of ether oxygens (including phenoxy) is 1. The molecule has 0 aliphatic carbocycles. The second-order valence-electron chi connectivity index (χ2n) is 4.16. The highest BCUT2D eigenvalue weighted by Gasteiger charge is 2.20. The van der Waals surface area contributed by atoms with Crippen LogP contribution in [0.5, 0.6) is 5.75 Å². The highest BCUT2D eigenvalue weighted by molar-refractivity contribution is 6.05. The van der Waals surface area contributed by atoms with Crippen molar-refractivity contribution in [3.05, 3.63) is 53.3 Å². The Morgan fingerprint density at radius 3 is 2.33 bits per heavy atom. The number of nitrogen functional groups attached to an aromatic ring is 1. The molecule has 0 heterocycles. The van der Waals surface area contributed by atoms with Crippen molar-refractivity contribution >= 4 is 17.3 Å². The maximum Gasteiger partial charge on any atom is 0.261 e. The maximum atomic E-state index is 13.5. The molecule has 1 amide bonds. The summed E-state index contributed by atoms with van der Waals surface area (Å²) in [6.07, 6.45) is 0. The highest BCUT2D eigenvalue weighted by atomic mass is 19.1. The van der Waals surface area contributed by atoms with Crippen LogP contribution in [0, 0.1) is 17.5 Å². The van der Waals surface area contributed by atoms with E-state index in [2.05, 4.69) is 5.32 Å². The van der Waals surface area contributed by atoms with Crippen LogP contribution in [0.4, 0.5) is 24.5 Å². The van der Waals surface area contributed by atoms with Gasteiger partial charge in [-0.3, -0.25) is 4.79 Å². The second-order valence-corrected chi connectivity index (χ2v) is 4.16. The quantitative estimate of drug-likeness (QED) is 0.856. The van der Waals surface area contributed by atoms with Crippen LogP contribution in [-0.4, -0.2) is 13.0 Å². The van der Waals surface area contributed by atoms with E-state index in [-0.39, 0.29) is 11.4 Å². The average Bonchev–Trinajstić information content (AvgIpc) is 2.39. The lowest BCUT2D eigenvalue weighted by Crippen LogP contribution is -2.16. The van der Waals surface area contributed by atoms with Crippen LogP contribution in [0.2, 0.25) is 0 Å². The molecule has 0 bridgehead atoms. The molecule has 0 aliphatic rings. The minimum Gasteiger partial charge on any atom is -0.494 e. The summed E-state index contributed by atoms with van der Waals surface area (Å²) >= 11 is 0. The normalized spacial score (nSPS) is 10.3. The van der Waals surface area contributed by atoms with Gasteiger partial charge >= 0.3 is 0 Å². The second kappa shape index (κ2) is 5.74. The topological polar surface area (TPSA) is 64.3 Å². The molecule has 0 radical (unpaired) electrons. The van der Waals surface area contributed by atoms with Crippen LogP contribution in [0.25, 0.3) is 0 Å². The first-order valence-corrected chi connectivity index (χ1v) is 5.81. The van der Waals surface area contributed by atoms with Crippen molar-refractivity contribution in [3.8, 4) is 5.75 Å². The van der Waals surface area contributed by atoms with Gasteiger partial charge in [0.1, 0.15) is 28.8 Å². The third-order valence-electron chi connectivity index (χ3n) is 2.71. The number of nitrogens with two attached hydrogens (primary N) is 1. The Balaban J connectivity index is 2.35. The van der Waals surface area contributed by atoms with Crippen molar-refractivity contribution in [3.63, 3.8) is 0 Å². The highest BCUT2D eigenvalue weighted by Crippen LogP contribution is 2.27. The first-order chi connectivity index (χ1) is 9.92. The lowest BCUT2D eigenvalue weighted by Gasteiger charge is -2.11. The van der Waals surface area contributed by atoms with Gasteiger partial charge in [-0.1, -0.05) is 0 Å². The third-order valence-corrected chi connectivity index (χ3v) is 2.71. The molecular weight excluding hydrogens is 285 g/mol. The van der Waals surface area contributed by atoms with Gasteiger partial charge in [-0.2, -0.15) is 0 Å². The van der Waals surface area contributed by atoms with Crippen molar-refractivity contribution < 1.29 is 22.7 Å². The molecule has 2 aromatic rings. The van der Waals surface area contributed by atoms with E-state index in [0.717, 1.165) is 0 Å². The Bertz CT molecular complexity index is 682. The molecule has 0 saturated heterocycles. The van der Waals surface area contributed by atoms with Gasteiger partial charge in [0, 0.05) is 23.9 Å². The van der Waals surface area contributed by atoms with Crippen molar-refractivity contribution in [1.29, 1.82) is 0 Å². The number of nitrogens with one attached hydrogen (secondary N) is 1. The Morgan fingerprint density at radius 2 is 1.76 bits per heavy atom. The van der Waals surface area contributed by atoms with Crippen LogP contribution in [0.1, 0.15) is 10.4 Å². The molecule has 7 heteroatoms. The molecular formula is C14H11F3N2O2. The monoisotopic (exact) mass is 296 g/mol. The zero-order valence-electron chi connectivity index (χ0n) is 10.9. The number of carbonyl (C=O) groups excluding carboxylic acids is 1. The number of benzene rings is 2. The predicted octanol–water partition coefficient (Wildman–Crippen LogP) is 2.95. The summed E-state index contributed by atoms with van der Waals surface area (Å²) < 4.78 is 44.9. The molecule has 0 unspecified atom stereocenters. The number of halogens is 3. The molecule has 0 aliphatic heterocycles. The number of anilines is 2. The van der Waals surface area contributed by atoms with E-state index in [1.54, 1.807) is 0 Å². The van der Waals surface area contributed by atoms with Crippen LogP contribution < -0.4 is 15.8 Å². The third kappa shape index (κ3) is 3.07. The van der Waals surface area contributed by atoms with E-state index < -0.39 is 28.9 Å². The fourth-order valence-corrected chi connectivity index (χ4v) is 1.76. The molecule has 0 atom stereocenters. The first-order valence-electron chi connectivity index (χ1n) is 5.81. The number of methoxy groups -OCH3 is 1. The van der Waals surface area contributed by atoms with E-state index in [1.807, 2.05) is 0 Å². The molecule has 4 nitrogen and oxygen atoms in total. The Morgan fingerprint density at radius 1 is 1.14 bits per heavy atom. The minimum atomic E-state index is -1.29.